The Labute approximate surface area is 192 Å². The third-order valence-electron chi connectivity index (χ3n) is 4.31. The van der Waals surface area contributed by atoms with Crippen LogP contribution in [0.3, 0.4) is 0 Å². The molecule has 0 saturated heterocycles. The van der Waals surface area contributed by atoms with Crippen molar-refractivity contribution in [2.24, 2.45) is 0 Å². The molecule has 4 nitrogen and oxygen atoms in total. The topological polar surface area (TPSA) is 80.3 Å². The normalized spacial score (nSPS) is 10.6. The minimum absolute atomic E-state index is 0. The molecule has 0 aliphatic heterocycles. The number of hydrogen-bond acceptors (Lipinski definition) is 4. The van der Waals surface area contributed by atoms with Crippen LogP contribution in [0.25, 0.3) is 0 Å². The maximum absolute atomic E-state index is 10.1. The zero-order chi connectivity index (χ0) is 21.3. The van der Waals surface area contributed by atoms with E-state index in [0.29, 0.717) is 12.8 Å². The molecule has 0 unspecified atom stereocenters. The molecule has 0 aliphatic rings. The Morgan fingerprint density at radius 2 is 0.862 bits per heavy atom. The zero-order valence-corrected chi connectivity index (χ0v) is 21.9. The van der Waals surface area contributed by atoms with Crippen LogP contribution >= 0.6 is 0 Å². The van der Waals surface area contributed by atoms with E-state index in [1.165, 1.54) is 64.2 Å². The second kappa shape index (κ2) is 29.2. The van der Waals surface area contributed by atoms with Gasteiger partial charge in [0.1, 0.15) is 0 Å². The SMILES string of the molecule is CCCCCCCC=CCCC(=O)[O-].CCCCCCCC=CCCC(=O)[O-].[Zn+2]. The summed E-state index contributed by atoms with van der Waals surface area (Å²) in [6.07, 6.45) is 24.6. The van der Waals surface area contributed by atoms with Crippen molar-refractivity contribution >= 4 is 11.9 Å². The second-order valence-corrected chi connectivity index (χ2v) is 7.17. The molecule has 0 aromatic rings. The van der Waals surface area contributed by atoms with Crippen molar-refractivity contribution in [3.8, 4) is 0 Å². The van der Waals surface area contributed by atoms with Crippen LogP contribution < -0.4 is 10.2 Å². The molecule has 0 bridgehead atoms. The van der Waals surface area contributed by atoms with Gasteiger partial charge in [-0.3, -0.25) is 0 Å². The van der Waals surface area contributed by atoms with Crippen molar-refractivity contribution in [2.45, 2.75) is 117 Å². The van der Waals surface area contributed by atoms with Crippen molar-refractivity contribution in [1.29, 1.82) is 0 Å². The Kier molecular flexibility index (Phi) is 33.0. The Hall–Kier alpha value is -0.957. The van der Waals surface area contributed by atoms with E-state index in [-0.39, 0.29) is 32.3 Å². The van der Waals surface area contributed by atoms with Gasteiger partial charge in [-0.05, 0) is 51.4 Å². The predicted molar refractivity (Wildman–Crippen MR) is 114 cm³/mol. The number of rotatable bonds is 18. The van der Waals surface area contributed by atoms with E-state index >= 15 is 0 Å². The van der Waals surface area contributed by atoms with Gasteiger partial charge in [-0.25, -0.2) is 0 Å². The molecule has 0 aromatic carbocycles. The minimum Gasteiger partial charge on any atom is -0.550 e. The molecule has 0 saturated carbocycles. The van der Waals surface area contributed by atoms with Crippen LogP contribution in [0.2, 0.25) is 0 Å². The molecule has 5 heteroatoms. The monoisotopic (exact) mass is 458 g/mol. The Balaban J connectivity index is -0.000000451. The molecule has 0 rings (SSSR count). The number of aliphatic carboxylic acids is 2. The van der Waals surface area contributed by atoms with Crippen molar-refractivity contribution < 1.29 is 39.3 Å². The summed E-state index contributed by atoms with van der Waals surface area (Å²) in [4.78, 5) is 20.1. The number of carbonyl (C=O) groups excluding carboxylic acids is 2. The number of carboxylic acid groups (broad SMARTS) is 2. The van der Waals surface area contributed by atoms with Crippen molar-refractivity contribution in [3.63, 3.8) is 0 Å². The third kappa shape index (κ3) is 38.3. The van der Waals surface area contributed by atoms with E-state index in [0.717, 1.165) is 12.8 Å². The fourth-order valence-corrected chi connectivity index (χ4v) is 2.61. The van der Waals surface area contributed by atoms with Crippen molar-refractivity contribution in [2.75, 3.05) is 0 Å². The van der Waals surface area contributed by atoms with E-state index in [2.05, 4.69) is 26.0 Å². The molecule has 164 valence electrons. The van der Waals surface area contributed by atoms with Gasteiger partial charge in [0.2, 0.25) is 0 Å². The summed E-state index contributed by atoms with van der Waals surface area (Å²) in [6, 6.07) is 0. The average Bonchev–Trinajstić information content (AvgIpc) is 2.65. The first-order valence-electron chi connectivity index (χ1n) is 11.2. The molecule has 0 aliphatic carbocycles. The van der Waals surface area contributed by atoms with E-state index in [9.17, 15) is 19.8 Å². The quantitative estimate of drug-likeness (QED) is 0.166. The van der Waals surface area contributed by atoms with E-state index in [1.54, 1.807) is 0 Å². The first-order chi connectivity index (χ1) is 13.5. The largest absolute Gasteiger partial charge is 2.00 e. The molecule has 0 spiro atoms. The smallest absolute Gasteiger partial charge is 0.550 e. The summed E-state index contributed by atoms with van der Waals surface area (Å²) in [5.74, 6) is -1.92. The second-order valence-electron chi connectivity index (χ2n) is 7.17. The molecular weight excluding hydrogens is 418 g/mol. The van der Waals surface area contributed by atoms with Crippen LogP contribution in [0.5, 0.6) is 0 Å². The van der Waals surface area contributed by atoms with Crippen LogP contribution in [-0.2, 0) is 29.1 Å². The predicted octanol–water partition coefficient (Wildman–Crippen LogP) is 4.86. The zero-order valence-electron chi connectivity index (χ0n) is 19.0. The number of unbranched alkanes of at least 4 members (excludes halogenated alkanes) is 10. The molecule has 0 amide bonds. The van der Waals surface area contributed by atoms with Gasteiger partial charge in [0.25, 0.3) is 0 Å². The molecule has 0 N–H and O–H groups in total. The van der Waals surface area contributed by atoms with Gasteiger partial charge >= 0.3 is 19.5 Å². The van der Waals surface area contributed by atoms with E-state index < -0.39 is 11.9 Å². The van der Waals surface area contributed by atoms with Crippen molar-refractivity contribution in [1.82, 2.24) is 0 Å². The molecule has 0 radical (unpaired) electrons. The Morgan fingerprint density at radius 3 is 1.17 bits per heavy atom. The fraction of sp³-hybridized carbons (Fsp3) is 0.750. The minimum atomic E-state index is -0.961. The van der Waals surface area contributed by atoms with Crippen LogP contribution in [-0.4, -0.2) is 11.9 Å². The molecule has 0 atom stereocenters. The van der Waals surface area contributed by atoms with Gasteiger partial charge in [-0.1, -0.05) is 89.5 Å². The molecule has 0 heterocycles. The Morgan fingerprint density at radius 1 is 0.552 bits per heavy atom. The molecule has 29 heavy (non-hydrogen) atoms. The van der Waals surface area contributed by atoms with Gasteiger partial charge in [-0.15, -0.1) is 0 Å². The van der Waals surface area contributed by atoms with Gasteiger partial charge in [0.05, 0.1) is 0 Å². The standard InChI is InChI=1S/2C12H22O2.Zn/c2*1-2-3-4-5-6-7-8-9-10-11-12(13)14;/h2*8-9H,2-7,10-11H2,1H3,(H,13,14);/q;;+2/p-2. The van der Waals surface area contributed by atoms with Gasteiger partial charge in [0, 0.05) is 11.9 Å². The first kappa shape index (κ1) is 32.7. The van der Waals surface area contributed by atoms with Gasteiger partial charge < -0.3 is 19.8 Å². The summed E-state index contributed by atoms with van der Waals surface area (Å²) in [5.41, 5.74) is 0. The number of hydrogen-bond donors (Lipinski definition) is 0. The van der Waals surface area contributed by atoms with E-state index in [1.807, 2.05) is 12.2 Å². The Bertz CT molecular complexity index is 368. The average molecular weight is 460 g/mol. The number of allylic oxidation sites excluding steroid dienone is 4. The maximum atomic E-state index is 10.1. The van der Waals surface area contributed by atoms with Crippen LogP contribution in [0, 0.1) is 0 Å². The molecular formula is C24H42O4Zn. The molecule has 0 aromatic heterocycles. The van der Waals surface area contributed by atoms with Crippen molar-refractivity contribution in [3.05, 3.63) is 24.3 Å². The first-order valence-corrected chi connectivity index (χ1v) is 11.2. The summed E-state index contributed by atoms with van der Waals surface area (Å²) in [5, 5.41) is 20.1. The summed E-state index contributed by atoms with van der Waals surface area (Å²) in [6.45, 7) is 4.42. The third-order valence-corrected chi connectivity index (χ3v) is 4.31. The maximum Gasteiger partial charge on any atom is 2.00 e. The van der Waals surface area contributed by atoms with Gasteiger partial charge in [-0.2, -0.15) is 0 Å². The summed E-state index contributed by atoms with van der Waals surface area (Å²) in [7, 11) is 0. The van der Waals surface area contributed by atoms with Crippen LogP contribution in [0.1, 0.15) is 117 Å². The number of carboxylic acids is 2. The summed E-state index contributed by atoms with van der Waals surface area (Å²) >= 11 is 0. The van der Waals surface area contributed by atoms with E-state index in [4.69, 9.17) is 0 Å². The fourth-order valence-electron chi connectivity index (χ4n) is 2.61. The number of carbonyl (C=O) groups is 2. The summed E-state index contributed by atoms with van der Waals surface area (Å²) < 4.78 is 0. The van der Waals surface area contributed by atoms with Crippen LogP contribution in [0.15, 0.2) is 24.3 Å². The van der Waals surface area contributed by atoms with Crippen LogP contribution in [0.4, 0.5) is 0 Å². The van der Waals surface area contributed by atoms with Gasteiger partial charge in [0.15, 0.2) is 0 Å². The molecule has 0 fully saturated rings.